The average molecular weight is 789 g/mol. The maximum absolute atomic E-state index is 14.3. The predicted octanol–water partition coefficient (Wildman–Crippen LogP) is -3.75. The number of fused-ring (bicyclic) bond motifs is 5. The van der Waals surface area contributed by atoms with Crippen molar-refractivity contribution in [3.8, 4) is 0 Å². The van der Waals surface area contributed by atoms with Gasteiger partial charge in [-0.05, 0) is 39.3 Å². The number of hydrogen-bond acceptors (Lipinski definition) is 12. The van der Waals surface area contributed by atoms with E-state index in [0.29, 0.717) is 21.5 Å². The van der Waals surface area contributed by atoms with Crippen molar-refractivity contribution in [2.75, 3.05) is 18.9 Å². The number of nitrogens with zero attached hydrogens (tertiary/aromatic N) is 1. The number of thioether (sulfide) groups is 1. The van der Waals surface area contributed by atoms with Crippen LogP contribution in [0, 0.1) is 0 Å². The summed E-state index contributed by atoms with van der Waals surface area (Å²) in [6.45, 7) is 4.02. The summed E-state index contributed by atoms with van der Waals surface area (Å²) in [6, 6.07) is -2.86. The molecule has 55 heavy (non-hydrogen) atoms. The van der Waals surface area contributed by atoms with E-state index >= 15 is 0 Å². The highest BCUT2D eigenvalue weighted by Crippen LogP contribution is 2.32. The fourth-order valence-electron chi connectivity index (χ4n) is 6.74. The first-order chi connectivity index (χ1) is 25.9. The zero-order valence-electron chi connectivity index (χ0n) is 30.8. The minimum atomic E-state index is -1.90. The van der Waals surface area contributed by atoms with Crippen molar-refractivity contribution in [1.82, 2.24) is 41.8 Å². The number of aromatic amines is 1. The largest absolute Gasteiger partial charge is 0.393 e. The van der Waals surface area contributed by atoms with E-state index in [2.05, 4.69) is 36.9 Å². The summed E-state index contributed by atoms with van der Waals surface area (Å²) in [5, 5.41) is 58.1. The second-order valence-electron chi connectivity index (χ2n) is 14.6. The van der Waals surface area contributed by atoms with Gasteiger partial charge in [-0.1, -0.05) is 18.2 Å². The van der Waals surface area contributed by atoms with E-state index in [9.17, 15) is 54.0 Å². The molecule has 0 saturated carbocycles. The van der Waals surface area contributed by atoms with Crippen molar-refractivity contribution < 1.29 is 54.0 Å². The minimum absolute atomic E-state index is 0.170. The van der Waals surface area contributed by atoms with Crippen molar-refractivity contribution in [2.24, 2.45) is 0 Å². The number of rotatable bonds is 4. The molecule has 1 aromatic carbocycles. The molecule has 0 radical (unpaired) electrons. The number of para-hydroxylation sites is 1. The molecule has 1 saturated heterocycles. The number of hydrogen-bond donors (Lipinski definition) is 11. The number of aliphatic hydroxyl groups excluding tert-OH is 3. The third-order valence-corrected chi connectivity index (χ3v) is 11.0. The lowest BCUT2D eigenvalue weighted by atomic mass is 9.96. The lowest BCUT2D eigenvalue weighted by Gasteiger charge is -2.31. The Bertz CT molecular complexity index is 1840. The van der Waals surface area contributed by atoms with Gasteiger partial charge in [-0.3, -0.25) is 33.6 Å². The second-order valence-corrected chi connectivity index (χ2v) is 15.6. The van der Waals surface area contributed by atoms with Gasteiger partial charge in [0.05, 0.1) is 29.4 Å². The van der Waals surface area contributed by atoms with E-state index in [1.54, 1.807) is 24.3 Å². The molecular formula is C35H48N8O11S. The van der Waals surface area contributed by atoms with E-state index in [0.717, 1.165) is 16.7 Å². The molecule has 19 nitrogen and oxygen atoms in total. The van der Waals surface area contributed by atoms with Crippen LogP contribution >= 0.6 is 11.8 Å². The Hall–Kier alpha value is -4.76. The van der Waals surface area contributed by atoms with E-state index < -0.39 is 114 Å². The second kappa shape index (κ2) is 16.9. The fourth-order valence-corrected chi connectivity index (χ4v) is 7.85. The highest BCUT2D eigenvalue weighted by molar-refractivity contribution is 7.99. The molecule has 20 heteroatoms. The fraction of sp³-hybridized carbons (Fsp3) is 0.571. The van der Waals surface area contributed by atoms with Gasteiger partial charge >= 0.3 is 0 Å². The molecule has 7 amide bonds. The van der Waals surface area contributed by atoms with E-state index in [4.69, 9.17) is 0 Å². The SMILES string of the molecule is C[C@@H]1NC(=O)[C@H](C[C@](C)(O)CO)NC(=O)[C@@H]2Cc3c([nH]c4ccccc34)SC[C@H](NC(=O)[C@@H]([C@@H](C)O)NC1=O)C(=O)N1C[C@@H](O)C[C@H]1C(=O)N[C@@H](C)C(=O)N2. The summed E-state index contributed by atoms with van der Waals surface area (Å²) in [5.74, 6) is -6.26. The molecule has 0 unspecified atom stereocenters. The zero-order valence-corrected chi connectivity index (χ0v) is 31.6. The Labute approximate surface area is 320 Å². The number of aliphatic hydroxyl groups is 4. The molecule has 2 aromatic rings. The van der Waals surface area contributed by atoms with Crippen molar-refractivity contribution in [3.63, 3.8) is 0 Å². The van der Waals surface area contributed by atoms with Gasteiger partial charge < -0.3 is 62.2 Å². The Morgan fingerprint density at radius 2 is 1.49 bits per heavy atom. The maximum atomic E-state index is 14.3. The van der Waals surface area contributed by atoms with Crippen LogP contribution in [0.2, 0.25) is 0 Å². The molecule has 3 aliphatic heterocycles. The molecule has 0 spiro atoms. The Morgan fingerprint density at radius 3 is 2.16 bits per heavy atom. The number of aromatic nitrogens is 1. The normalized spacial score (nSPS) is 30.8. The monoisotopic (exact) mass is 788 g/mol. The summed E-state index contributed by atoms with van der Waals surface area (Å²) >= 11 is 1.08. The molecule has 0 aliphatic carbocycles. The molecule has 4 heterocycles. The Kier molecular flexibility index (Phi) is 12.8. The van der Waals surface area contributed by atoms with Crippen LogP contribution in [0.5, 0.6) is 0 Å². The Balaban J connectivity index is 1.69. The molecule has 300 valence electrons. The van der Waals surface area contributed by atoms with Gasteiger partial charge in [0.25, 0.3) is 0 Å². The number of benzene rings is 1. The molecule has 1 aromatic heterocycles. The van der Waals surface area contributed by atoms with Crippen LogP contribution in [-0.4, -0.2) is 151 Å². The van der Waals surface area contributed by atoms with Crippen molar-refractivity contribution >= 4 is 64.0 Å². The topological polar surface area (TPSA) is 292 Å². The van der Waals surface area contributed by atoms with Crippen LogP contribution in [0.3, 0.4) is 0 Å². The van der Waals surface area contributed by atoms with Crippen LogP contribution in [0.1, 0.15) is 46.1 Å². The summed E-state index contributed by atoms with van der Waals surface area (Å²) in [6.07, 6.45) is -3.53. The number of carbonyl (C=O) groups is 7. The summed E-state index contributed by atoms with van der Waals surface area (Å²) in [7, 11) is 0. The maximum Gasteiger partial charge on any atom is 0.246 e. The lowest BCUT2D eigenvalue weighted by molar-refractivity contribution is -0.142. The van der Waals surface area contributed by atoms with Crippen molar-refractivity contribution in [1.29, 1.82) is 0 Å². The first-order valence-corrected chi connectivity index (χ1v) is 18.9. The molecule has 11 N–H and O–H groups in total. The van der Waals surface area contributed by atoms with Gasteiger partial charge in [-0.2, -0.15) is 0 Å². The van der Waals surface area contributed by atoms with Gasteiger partial charge in [-0.15, -0.1) is 11.8 Å². The highest BCUT2D eigenvalue weighted by atomic mass is 32.2. The number of H-pyrrole nitrogens is 1. The molecule has 3 aliphatic rings. The number of nitrogens with one attached hydrogen (secondary N) is 7. The van der Waals surface area contributed by atoms with Crippen LogP contribution in [-0.2, 0) is 40.0 Å². The smallest absolute Gasteiger partial charge is 0.246 e. The molecule has 10 atom stereocenters. The Morgan fingerprint density at radius 1 is 0.855 bits per heavy atom. The van der Waals surface area contributed by atoms with E-state index in [-0.39, 0.29) is 25.1 Å². The van der Waals surface area contributed by atoms with Crippen LogP contribution in [0.25, 0.3) is 10.9 Å². The molecular weight excluding hydrogens is 740 g/mol. The third kappa shape index (κ3) is 9.55. The summed E-state index contributed by atoms with van der Waals surface area (Å²) in [5.41, 5.74) is -0.741. The van der Waals surface area contributed by atoms with Crippen LogP contribution < -0.4 is 31.9 Å². The quantitative estimate of drug-likeness (QED) is 0.143. The lowest BCUT2D eigenvalue weighted by Crippen LogP contribution is -2.61. The average Bonchev–Trinajstić information content (AvgIpc) is 3.69. The minimum Gasteiger partial charge on any atom is -0.393 e. The van der Waals surface area contributed by atoms with Gasteiger partial charge in [0.2, 0.25) is 41.4 Å². The predicted molar refractivity (Wildman–Crippen MR) is 196 cm³/mol. The summed E-state index contributed by atoms with van der Waals surface area (Å²) < 4.78 is 0. The summed E-state index contributed by atoms with van der Waals surface area (Å²) in [4.78, 5) is 101. The first-order valence-electron chi connectivity index (χ1n) is 17.9. The highest BCUT2D eigenvalue weighted by Gasteiger charge is 2.44. The standard InChI is InChI=1S/C35H48N8O11S/c1-15-27(47)38-22-10-20-19-7-5-6-8-21(19)41-33(20)55-13-24(34(53)43-12-18(46)9-25(43)31(51)37-15)40-32(52)26(17(3)45)42-28(48)16(2)36-30(50)23(39-29(22)49)11-35(4,54)14-44/h5-8,15-18,22-26,41,44-46,54H,9-14H2,1-4H3,(H,36,50)(H,37,51)(H,38,47)(H,39,49)(H,40,52)(H,42,48)/t15-,16-,17+,18-,22-,23-,24-,25-,26+,35-/m0/s1. The van der Waals surface area contributed by atoms with Gasteiger partial charge in [0.1, 0.15) is 42.3 Å². The van der Waals surface area contributed by atoms with Crippen LogP contribution in [0.4, 0.5) is 0 Å². The van der Waals surface area contributed by atoms with E-state index in [1.165, 1.54) is 27.7 Å². The molecule has 2 bridgehead atoms. The number of carbonyl (C=O) groups excluding carboxylic acids is 7. The van der Waals surface area contributed by atoms with Crippen LogP contribution in [0.15, 0.2) is 29.3 Å². The van der Waals surface area contributed by atoms with E-state index in [1.807, 2.05) is 0 Å². The molecule has 1 fully saturated rings. The van der Waals surface area contributed by atoms with Gasteiger partial charge in [0, 0.05) is 42.5 Å². The third-order valence-electron chi connectivity index (χ3n) is 9.87. The first kappa shape index (κ1) is 41.4. The van der Waals surface area contributed by atoms with Crippen molar-refractivity contribution in [2.45, 2.75) is 112 Å². The zero-order chi connectivity index (χ0) is 40.4. The molecule has 5 rings (SSSR count). The van der Waals surface area contributed by atoms with Gasteiger partial charge in [0.15, 0.2) is 0 Å². The van der Waals surface area contributed by atoms with Crippen molar-refractivity contribution in [3.05, 3.63) is 29.8 Å². The number of amides is 7. The van der Waals surface area contributed by atoms with Gasteiger partial charge in [-0.25, -0.2) is 0 Å².